The van der Waals surface area contributed by atoms with Crippen LogP contribution in [0.5, 0.6) is 0 Å². The molecule has 5 nitrogen and oxygen atoms in total. The summed E-state index contributed by atoms with van der Waals surface area (Å²) in [5.41, 5.74) is 2.47. The van der Waals surface area contributed by atoms with Crippen molar-refractivity contribution in [1.29, 1.82) is 0 Å². The molecule has 0 aliphatic rings. The zero-order valence-corrected chi connectivity index (χ0v) is 12.4. The van der Waals surface area contributed by atoms with Crippen molar-refractivity contribution in [3.05, 3.63) is 53.5 Å². The molecular weight excluding hydrogens is 264 g/mol. The Morgan fingerprint density at radius 3 is 2.71 bits per heavy atom. The lowest BCUT2D eigenvalue weighted by Gasteiger charge is -2.09. The standard InChI is InChI=1S/C16H20N4O/c1-3-6-18-15-10-14(9-12(2)20-15)16(21)19-11-13-4-7-17-8-5-13/h4-5,7-10H,3,6,11H2,1-2H3,(H,18,20)(H,19,21). The zero-order valence-electron chi connectivity index (χ0n) is 12.4. The molecule has 0 atom stereocenters. The minimum atomic E-state index is -0.100. The number of aryl methyl sites for hydroxylation is 1. The second kappa shape index (κ2) is 7.38. The van der Waals surface area contributed by atoms with Gasteiger partial charge in [-0.15, -0.1) is 0 Å². The van der Waals surface area contributed by atoms with Crippen molar-refractivity contribution in [2.75, 3.05) is 11.9 Å². The van der Waals surface area contributed by atoms with E-state index < -0.39 is 0 Å². The molecule has 2 rings (SSSR count). The molecule has 2 N–H and O–H groups in total. The molecule has 0 spiro atoms. The third-order valence-corrected chi connectivity index (χ3v) is 2.97. The number of carbonyl (C=O) groups excluding carboxylic acids is 1. The number of nitrogens with one attached hydrogen (secondary N) is 2. The molecule has 0 unspecified atom stereocenters. The van der Waals surface area contributed by atoms with Gasteiger partial charge in [0.05, 0.1) is 0 Å². The van der Waals surface area contributed by atoms with Crippen LogP contribution in [0.25, 0.3) is 0 Å². The Kier molecular flexibility index (Phi) is 5.26. The Labute approximate surface area is 124 Å². The summed E-state index contributed by atoms with van der Waals surface area (Å²) < 4.78 is 0. The number of rotatable bonds is 6. The van der Waals surface area contributed by atoms with Gasteiger partial charge < -0.3 is 10.6 Å². The second-order valence-corrected chi connectivity index (χ2v) is 4.85. The van der Waals surface area contributed by atoms with E-state index in [4.69, 9.17) is 0 Å². The van der Waals surface area contributed by atoms with Gasteiger partial charge in [0.2, 0.25) is 0 Å². The number of hydrogen-bond acceptors (Lipinski definition) is 4. The minimum absolute atomic E-state index is 0.100. The number of carbonyl (C=O) groups is 1. The molecule has 0 radical (unpaired) electrons. The molecule has 2 aromatic rings. The first-order valence-corrected chi connectivity index (χ1v) is 7.08. The van der Waals surface area contributed by atoms with E-state index in [0.29, 0.717) is 12.1 Å². The zero-order chi connectivity index (χ0) is 15.1. The highest BCUT2D eigenvalue weighted by Gasteiger charge is 2.08. The van der Waals surface area contributed by atoms with Crippen molar-refractivity contribution in [2.45, 2.75) is 26.8 Å². The molecule has 110 valence electrons. The molecule has 0 aliphatic carbocycles. The Morgan fingerprint density at radius 1 is 1.24 bits per heavy atom. The van der Waals surface area contributed by atoms with Crippen LogP contribution in [0, 0.1) is 6.92 Å². The summed E-state index contributed by atoms with van der Waals surface area (Å²) in [6.45, 7) is 5.30. The maximum absolute atomic E-state index is 12.2. The van der Waals surface area contributed by atoms with Crippen LogP contribution < -0.4 is 10.6 Å². The minimum Gasteiger partial charge on any atom is -0.370 e. The summed E-state index contributed by atoms with van der Waals surface area (Å²) in [7, 11) is 0. The van der Waals surface area contributed by atoms with Gasteiger partial charge in [-0.1, -0.05) is 6.92 Å². The summed E-state index contributed by atoms with van der Waals surface area (Å²) in [5.74, 6) is 0.641. The van der Waals surface area contributed by atoms with Gasteiger partial charge in [-0.25, -0.2) is 4.98 Å². The predicted molar refractivity (Wildman–Crippen MR) is 83.2 cm³/mol. The number of aromatic nitrogens is 2. The average molecular weight is 284 g/mol. The van der Waals surface area contributed by atoms with Gasteiger partial charge in [-0.05, 0) is 43.2 Å². The number of amides is 1. The van der Waals surface area contributed by atoms with Gasteiger partial charge in [0.25, 0.3) is 5.91 Å². The van der Waals surface area contributed by atoms with Crippen molar-refractivity contribution in [3.8, 4) is 0 Å². The summed E-state index contributed by atoms with van der Waals surface area (Å²) in [6, 6.07) is 7.34. The number of nitrogens with zero attached hydrogens (tertiary/aromatic N) is 2. The van der Waals surface area contributed by atoms with E-state index in [1.165, 1.54) is 0 Å². The van der Waals surface area contributed by atoms with Crippen LogP contribution in [0.2, 0.25) is 0 Å². The Hall–Kier alpha value is -2.43. The first-order chi connectivity index (χ1) is 10.2. The third-order valence-electron chi connectivity index (χ3n) is 2.97. The van der Waals surface area contributed by atoms with Crippen LogP contribution in [0.1, 0.15) is 35.0 Å². The van der Waals surface area contributed by atoms with Crippen LogP contribution in [-0.2, 0) is 6.54 Å². The first kappa shape index (κ1) is 15.0. The molecule has 0 aromatic carbocycles. The number of pyridine rings is 2. The maximum atomic E-state index is 12.2. The van der Waals surface area contributed by atoms with Gasteiger partial charge in [0.15, 0.2) is 0 Å². The van der Waals surface area contributed by atoms with Gasteiger partial charge in [0.1, 0.15) is 5.82 Å². The van der Waals surface area contributed by atoms with Crippen LogP contribution in [0.15, 0.2) is 36.7 Å². The van der Waals surface area contributed by atoms with Crippen molar-refractivity contribution in [3.63, 3.8) is 0 Å². The summed E-state index contributed by atoms with van der Waals surface area (Å²) in [4.78, 5) is 20.5. The Morgan fingerprint density at radius 2 is 2.00 bits per heavy atom. The predicted octanol–water partition coefficient (Wildman–Crippen LogP) is 2.54. The molecule has 0 aliphatic heterocycles. The second-order valence-electron chi connectivity index (χ2n) is 4.85. The van der Waals surface area contributed by atoms with E-state index in [1.807, 2.05) is 19.1 Å². The van der Waals surface area contributed by atoms with E-state index in [9.17, 15) is 4.79 Å². The van der Waals surface area contributed by atoms with Gasteiger partial charge >= 0.3 is 0 Å². The first-order valence-electron chi connectivity index (χ1n) is 7.08. The van der Waals surface area contributed by atoms with Crippen LogP contribution >= 0.6 is 0 Å². The summed E-state index contributed by atoms with van der Waals surface area (Å²) in [5, 5.41) is 6.11. The third kappa shape index (κ3) is 4.56. The van der Waals surface area contributed by atoms with E-state index in [1.54, 1.807) is 24.5 Å². The van der Waals surface area contributed by atoms with E-state index >= 15 is 0 Å². The molecule has 0 fully saturated rings. The van der Waals surface area contributed by atoms with Crippen molar-refractivity contribution < 1.29 is 4.79 Å². The molecule has 2 heterocycles. The van der Waals surface area contributed by atoms with Crippen LogP contribution in [0.4, 0.5) is 5.82 Å². The van der Waals surface area contributed by atoms with Gasteiger partial charge in [-0.3, -0.25) is 9.78 Å². The Balaban J connectivity index is 2.03. The van der Waals surface area contributed by atoms with Crippen LogP contribution in [0.3, 0.4) is 0 Å². The topological polar surface area (TPSA) is 66.9 Å². The highest BCUT2D eigenvalue weighted by atomic mass is 16.1. The van der Waals surface area contributed by atoms with Crippen LogP contribution in [-0.4, -0.2) is 22.4 Å². The molecule has 2 aromatic heterocycles. The number of hydrogen-bond donors (Lipinski definition) is 2. The average Bonchev–Trinajstić information content (AvgIpc) is 2.51. The normalized spacial score (nSPS) is 10.2. The molecule has 0 saturated heterocycles. The fourth-order valence-electron chi connectivity index (χ4n) is 1.93. The molecule has 21 heavy (non-hydrogen) atoms. The monoisotopic (exact) mass is 284 g/mol. The smallest absolute Gasteiger partial charge is 0.251 e. The molecular formula is C16H20N4O. The van der Waals surface area contributed by atoms with Crippen molar-refractivity contribution in [2.24, 2.45) is 0 Å². The fraction of sp³-hybridized carbons (Fsp3) is 0.312. The van der Waals surface area contributed by atoms with E-state index in [-0.39, 0.29) is 5.91 Å². The lowest BCUT2D eigenvalue weighted by atomic mass is 10.2. The van der Waals surface area contributed by atoms with Crippen molar-refractivity contribution in [1.82, 2.24) is 15.3 Å². The van der Waals surface area contributed by atoms with Gasteiger partial charge in [-0.2, -0.15) is 0 Å². The summed E-state index contributed by atoms with van der Waals surface area (Å²) >= 11 is 0. The van der Waals surface area contributed by atoms with Crippen molar-refractivity contribution >= 4 is 11.7 Å². The maximum Gasteiger partial charge on any atom is 0.251 e. The molecule has 1 amide bonds. The largest absolute Gasteiger partial charge is 0.370 e. The highest BCUT2D eigenvalue weighted by molar-refractivity contribution is 5.94. The highest BCUT2D eigenvalue weighted by Crippen LogP contribution is 2.10. The summed E-state index contributed by atoms with van der Waals surface area (Å²) in [6.07, 6.45) is 4.44. The lowest BCUT2D eigenvalue weighted by Crippen LogP contribution is -2.23. The molecule has 0 saturated carbocycles. The van der Waals surface area contributed by atoms with E-state index in [0.717, 1.165) is 30.0 Å². The lowest BCUT2D eigenvalue weighted by molar-refractivity contribution is 0.0950. The SMILES string of the molecule is CCCNc1cc(C(=O)NCc2ccncc2)cc(C)n1. The quantitative estimate of drug-likeness (QED) is 0.855. The molecule has 0 bridgehead atoms. The van der Waals surface area contributed by atoms with E-state index in [2.05, 4.69) is 27.5 Å². The number of anilines is 1. The fourth-order valence-corrected chi connectivity index (χ4v) is 1.93. The Bertz CT molecular complexity index is 598. The van der Waals surface area contributed by atoms with Gasteiger partial charge in [0, 0.05) is 36.7 Å². The molecule has 5 heteroatoms.